The van der Waals surface area contributed by atoms with E-state index in [0.717, 1.165) is 37.6 Å². The fourth-order valence-electron chi connectivity index (χ4n) is 2.44. The van der Waals surface area contributed by atoms with E-state index in [0.29, 0.717) is 12.0 Å². The molecule has 0 radical (unpaired) electrons. The Kier molecular flexibility index (Phi) is 5.05. The normalized spacial score (nSPS) is 22.5. The molecule has 1 aromatic rings. The first kappa shape index (κ1) is 14.2. The minimum Gasteiger partial charge on any atom is -0.493 e. The molecule has 2 atom stereocenters. The molecule has 4 heteroatoms. The highest BCUT2D eigenvalue weighted by Crippen LogP contribution is 2.27. The maximum atomic E-state index is 5.56. The highest BCUT2D eigenvalue weighted by Gasteiger charge is 2.23. The average molecular weight is 265 g/mol. The van der Waals surface area contributed by atoms with Crippen LogP contribution in [0.25, 0.3) is 0 Å². The van der Waals surface area contributed by atoms with Gasteiger partial charge in [0.1, 0.15) is 0 Å². The van der Waals surface area contributed by atoms with Gasteiger partial charge in [0.2, 0.25) is 0 Å². The van der Waals surface area contributed by atoms with Crippen molar-refractivity contribution in [2.24, 2.45) is 5.92 Å². The van der Waals surface area contributed by atoms with E-state index < -0.39 is 0 Å². The largest absolute Gasteiger partial charge is 0.493 e. The van der Waals surface area contributed by atoms with Gasteiger partial charge in [-0.1, -0.05) is 6.07 Å². The molecular weight excluding hydrogens is 242 g/mol. The fraction of sp³-hybridized carbons (Fsp3) is 0.600. The van der Waals surface area contributed by atoms with Gasteiger partial charge in [0.25, 0.3) is 0 Å². The van der Waals surface area contributed by atoms with E-state index >= 15 is 0 Å². The molecule has 2 unspecified atom stereocenters. The highest BCUT2D eigenvalue weighted by atomic mass is 16.5. The molecule has 0 bridgehead atoms. The second kappa shape index (κ2) is 6.78. The van der Waals surface area contributed by atoms with Gasteiger partial charge < -0.3 is 19.5 Å². The summed E-state index contributed by atoms with van der Waals surface area (Å²) in [6, 6.07) is 6.01. The zero-order valence-corrected chi connectivity index (χ0v) is 11.9. The van der Waals surface area contributed by atoms with Crippen LogP contribution in [-0.2, 0) is 11.3 Å². The lowest BCUT2D eigenvalue weighted by Crippen LogP contribution is -2.26. The average Bonchev–Trinajstić information content (AvgIpc) is 2.84. The Morgan fingerprint density at radius 3 is 2.68 bits per heavy atom. The van der Waals surface area contributed by atoms with Crippen LogP contribution >= 0.6 is 0 Å². The predicted octanol–water partition coefficient (Wildman–Crippen LogP) is 2.22. The summed E-state index contributed by atoms with van der Waals surface area (Å²) in [7, 11) is 3.31. The first-order valence-corrected chi connectivity index (χ1v) is 6.77. The van der Waals surface area contributed by atoms with Crippen LogP contribution < -0.4 is 14.8 Å². The van der Waals surface area contributed by atoms with Crippen molar-refractivity contribution in [1.29, 1.82) is 0 Å². The van der Waals surface area contributed by atoms with Crippen molar-refractivity contribution in [2.45, 2.75) is 26.0 Å². The van der Waals surface area contributed by atoms with Crippen LogP contribution in [0.15, 0.2) is 18.2 Å². The summed E-state index contributed by atoms with van der Waals surface area (Å²) in [5, 5.41) is 3.49. The van der Waals surface area contributed by atoms with Gasteiger partial charge in [0, 0.05) is 19.7 Å². The molecule has 0 aromatic heterocycles. The Morgan fingerprint density at radius 2 is 2.05 bits per heavy atom. The van der Waals surface area contributed by atoms with Crippen molar-refractivity contribution in [2.75, 3.05) is 27.4 Å². The van der Waals surface area contributed by atoms with Crippen LogP contribution in [0.1, 0.15) is 18.9 Å². The fourth-order valence-corrected chi connectivity index (χ4v) is 2.44. The maximum Gasteiger partial charge on any atom is 0.161 e. The van der Waals surface area contributed by atoms with E-state index in [1.54, 1.807) is 14.2 Å². The topological polar surface area (TPSA) is 39.7 Å². The second-order valence-corrected chi connectivity index (χ2v) is 4.94. The van der Waals surface area contributed by atoms with Crippen LogP contribution in [0.5, 0.6) is 11.5 Å². The van der Waals surface area contributed by atoms with E-state index in [1.807, 2.05) is 12.1 Å². The van der Waals surface area contributed by atoms with Gasteiger partial charge in [-0.2, -0.15) is 0 Å². The Morgan fingerprint density at radius 1 is 1.26 bits per heavy atom. The first-order valence-electron chi connectivity index (χ1n) is 6.77. The molecule has 1 fully saturated rings. The second-order valence-electron chi connectivity index (χ2n) is 4.94. The van der Waals surface area contributed by atoms with Gasteiger partial charge in [-0.15, -0.1) is 0 Å². The third kappa shape index (κ3) is 3.61. The number of hydrogen-bond donors (Lipinski definition) is 1. The van der Waals surface area contributed by atoms with Crippen LogP contribution in [-0.4, -0.2) is 33.5 Å². The standard InChI is InChI=1S/C15H23NO3/c1-11-13(6-7-19-11)10-16-9-12-4-5-14(17-2)15(8-12)18-3/h4-5,8,11,13,16H,6-7,9-10H2,1-3H3. The Hall–Kier alpha value is -1.26. The van der Waals surface area contributed by atoms with E-state index in [1.165, 1.54) is 5.56 Å². The third-order valence-electron chi connectivity index (χ3n) is 3.72. The molecule has 0 amide bonds. The summed E-state index contributed by atoms with van der Waals surface area (Å²) in [6.45, 7) is 4.87. The number of rotatable bonds is 6. The lowest BCUT2D eigenvalue weighted by molar-refractivity contribution is 0.105. The minimum absolute atomic E-state index is 0.373. The number of hydrogen-bond acceptors (Lipinski definition) is 4. The molecule has 1 aliphatic heterocycles. The molecule has 2 rings (SSSR count). The lowest BCUT2D eigenvalue weighted by atomic mass is 10.0. The number of ether oxygens (including phenoxy) is 3. The molecule has 1 N–H and O–H groups in total. The van der Waals surface area contributed by atoms with Gasteiger partial charge in [-0.3, -0.25) is 0 Å². The van der Waals surface area contributed by atoms with Gasteiger partial charge in [-0.25, -0.2) is 0 Å². The summed E-state index contributed by atoms with van der Waals surface area (Å²) in [6.07, 6.45) is 1.53. The molecule has 0 saturated carbocycles. The van der Waals surface area contributed by atoms with Crippen LogP contribution in [0.2, 0.25) is 0 Å². The van der Waals surface area contributed by atoms with Crippen LogP contribution in [0.4, 0.5) is 0 Å². The Labute approximate surface area is 115 Å². The van der Waals surface area contributed by atoms with E-state index in [4.69, 9.17) is 14.2 Å². The van der Waals surface area contributed by atoms with E-state index in [-0.39, 0.29) is 0 Å². The van der Waals surface area contributed by atoms with Crippen LogP contribution in [0.3, 0.4) is 0 Å². The molecule has 19 heavy (non-hydrogen) atoms. The molecule has 1 aromatic carbocycles. The Balaban J connectivity index is 1.85. The summed E-state index contributed by atoms with van der Waals surface area (Å²) < 4.78 is 16.1. The molecular formula is C15H23NO3. The maximum absolute atomic E-state index is 5.56. The van der Waals surface area contributed by atoms with E-state index in [2.05, 4.69) is 18.3 Å². The Bertz CT molecular complexity index is 408. The van der Waals surface area contributed by atoms with Crippen molar-refractivity contribution in [3.05, 3.63) is 23.8 Å². The zero-order chi connectivity index (χ0) is 13.7. The predicted molar refractivity (Wildman–Crippen MR) is 74.8 cm³/mol. The van der Waals surface area contributed by atoms with Crippen LogP contribution in [0, 0.1) is 5.92 Å². The lowest BCUT2D eigenvalue weighted by Gasteiger charge is -2.15. The third-order valence-corrected chi connectivity index (χ3v) is 3.72. The monoisotopic (exact) mass is 265 g/mol. The summed E-state index contributed by atoms with van der Waals surface area (Å²) in [5.41, 5.74) is 1.20. The zero-order valence-electron chi connectivity index (χ0n) is 11.9. The van der Waals surface area contributed by atoms with Crippen molar-refractivity contribution >= 4 is 0 Å². The molecule has 0 spiro atoms. The molecule has 4 nitrogen and oxygen atoms in total. The SMILES string of the molecule is COc1ccc(CNCC2CCOC2C)cc1OC. The molecule has 1 saturated heterocycles. The molecule has 1 heterocycles. The number of methoxy groups -OCH3 is 2. The smallest absolute Gasteiger partial charge is 0.161 e. The van der Waals surface area contributed by atoms with Crippen molar-refractivity contribution in [1.82, 2.24) is 5.32 Å². The molecule has 0 aliphatic carbocycles. The van der Waals surface area contributed by atoms with Gasteiger partial charge >= 0.3 is 0 Å². The summed E-state index contributed by atoms with van der Waals surface area (Å²) in [4.78, 5) is 0. The quantitative estimate of drug-likeness (QED) is 0.856. The first-order chi connectivity index (χ1) is 9.24. The highest BCUT2D eigenvalue weighted by molar-refractivity contribution is 5.42. The van der Waals surface area contributed by atoms with E-state index in [9.17, 15) is 0 Å². The molecule has 106 valence electrons. The van der Waals surface area contributed by atoms with Gasteiger partial charge in [0.05, 0.1) is 20.3 Å². The molecule has 1 aliphatic rings. The van der Waals surface area contributed by atoms with Crippen molar-refractivity contribution in [3.8, 4) is 11.5 Å². The summed E-state index contributed by atoms with van der Waals surface area (Å²) in [5.74, 6) is 2.17. The number of benzene rings is 1. The number of nitrogens with one attached hydrogen (secondary N) is 1. The minimum atomic E-state index is 0.373. The van der Waals surface area contributed by atoms with Crippen molar-refractivity contribution < 1.29 is 14.2 Å². The van der Waals surface area contributed by atoms with Gasteiger partial charge in [0.15, 0.2) is 11.5 Å². The summed E-state index contributed by atoms with van der Waals surface area (Å²) >= 11 is 0. The van der Waals surface area contributed by atoms with Gasteiger partial charge in [-0.05, 0) is 37.0 Å². The van der Waals surface area contributed by atoms with Crippen molar-refractivity contribution in [3.63, 3.8) is 0 Å².